The van der Waals surface area contributed by atoms with Crippen molar-refractivity contribution in [1.82, 2.24) is 10.2 Å². The standard InChI is InChI=1S/C22H31N3O5/c1-6-28-12-8-11-24-21(26)18(15-23)13-17-9-10-19(20(14-17)29-7-2)30-16(3)22(27)25(4)5/h9-10,13-14,16H,6-8,11-12H2,1-5H3,(H,24,26)/b18-13+/t16-/m1/s1. The third-order valence-electron chi connectivity index (χ3n) is 3.99. The number of ether oxygens (including phenoxy) is 3. The van der Waals surface area contributed by atoms with Crippen LogP contribution in [0.5, 0.6) is 11.5 Å². The molecule has 1 rings (SSSR count). The molecule has 0 bridgehead atoms. The van der Waals surface area contributed by atoms with Gasteiger partial charge in [0.05, 0.1) is 6.61 Å². The quantitative estimate of drug-likeness (QED) is 0.318. The van der Waals surface area contributed by atoms with E-state index in [0.717, 1.165) is 0 Å². The Balaban J connectivity index is 2.94. The van der Waals surface area contributed by atoms with Gasteiger partial charge < -0.3 is 24.4 Å². The van der Waals surface area contributed by atoms with E-state index in [0.29, 0.717) is 49.8 Å². The normalized spacial score (nSPS) is 11.9. The average molecular weight is 418 g/mol. The highest BCUT2D eigenvalue weighted by Gasteiger charge is 2.19. The van der Waals surface area contributed by atoms with Crippen LogP contribution in [0.4, 0.5) is 0 Å². The monoisotopic (exact) mass is 417 g/mol. The zero-order valence-corrected chi connectivity index (χ0v) is 18.4. The van der Waals surface area contributed by atoms with Crippen molar-refractivity contribution in [2.45, 2.75) is 33.3 Å². The van der Waals surface area contributed by atoms with Crippen molar-refractivity contribution in [1.29, 1.82) is 5.26 Å². The Kier molecular flexibility index (Phi) is 11.0. The summed E-state index contributed by atoms with van der Waals surface area (Å²) in [5.41, 5.74) is 0.595. The Morgan fingerprint density at radius 3 is 2.57 bits per heavy atom. The van der Waals surface area contributed by atoms with Crippen molar-refractivity contribution < 1.29 is 23.8 Å². The van der Waals surface area contributed by atoms with Crippen LogP contribution in [0.15, 0.2) is 23.8 Å². The van der Waals surface area contributed by atoms with Gasteiger partial charge in [-0.1, -0.05) is 6.07 Å². The van der Waals surface area contributed by atoms with Gasteiger partial charge in [-0.3, -0.25) is 9.59 Å². The Bertz CT molecular complexity index is 783. The van der Waals surface area contributed by atoms with E-state index in [1.165, 1.54) is 11.0 Å². The number of carbonyl (C=O) groups excluding carboxylic acids is 2. The van der Waals surface area contributed by atoms with Gasteiger partial charge in [0.1, 0.15) is 11.6 Å². The molecule has 164 valence electrons. The van der Waals surface area contributed by atoms with E-state index in [-0.39, 0.29) is 11.5 Å². The fraction of sp³-hybridized carbons (Fsp3) is 0.500. The summed E-state index contributed by atoms with van der Waals surface area (Å²) in [5, 5.41) is 12.1. The highest BCUT2D eigenvalue weighted by atomic mass is 16.5. The number of nitrogens with zero attached hydrogens (tertiary/aromatic N) is 2. The zero-order valence-electron chi connectivity index (χ0n) is 18.4. The number of rotatable bonds is 12. The third kappa shape index (κ3) is 8.13. The number of nitriles is 1. The highest BCUT2D eigenvalue weighted by molar-refractivity contribution is 6.01. The number of likely N-dealkylation sites (N-methyl/N-ethyl adjacent to an activating group) is 1. The maximum absolute atomic E-state index is 12.2. The fourth-order valence-electron chi connectivity index (χ4n) is 2.52. The summed E-state index contributed by atoms with van der Waals surface area (Å²) in [6.45, 7) is 7.39. The molecule has 2 amide bonds. The van der Waals surface area contributed by atoms with Crippen LogP contribution in [0.2, 0.25) is 0 Å². The van der Waals surface area contributed by atoms with E-state index in [2.05, 4.69) is 5.32 Å². The van der Waals surface area contributed by atoms with E-state index < -0.39 is 12.0 Å². The topological polar surface area (TPSA) is 101 Å². The van der Waals surface area contributed by atoms with Crippen LogP contribution in [0.25, 0.3) is 6.08 Å². The molecule has 1 atom stereocenters. The van der Waals surface area contributed by atoms with Crippen LogP contribution in [0.1, 0.15) is 32.8 Å². The summed E-state index contributed by atoms with van der Waals surface area (Å²) in [7, 11) is 3.32. The first-order valence-corrected chi connectivity index (χ1v) is 9.96. The van der Waals surface area contributed by atoms with E-state index in [1.807, 2.05) is 19.9 Å². The van der Waals surface area contributed by atoms with Crippen LogP contribution < -0.4 is 14.8 Å². The van der Waals surface area contributed by atoms with E-state index in [9.17, 15) is 14.9 Å². The SMILES string of the molecule is CCOCCCNC(=O)/C(C#N)=C/c1ccc(O[C@H](C)C(=O)N(C)C)c(OCC)c1. The van der Waals surface area contributed by atoms with Crippen LogP contribution >= 0.6 is 0 Å². The summed E-state index contributed by atoms with van der Waals surface area (Å²) >= 11 is 0. The molecule has 0 saturated heterocycles. The molecule has 8 nitrogen and oxygen atoms in total. The number of hydrogen-bond acceptors (Lipinski definition) is 6. The lowest BCUT2D eigenvalue weighted by molar-refractivity contribution is -0.135. The number of nitrogens with one attached hydrogen (secondary N) is 1. The lowest BCUT2D eigenvalue weighted by Gasteiger charge is -2.20. The lowest BCUT2D eigenvalue weighted by Crippen LogP contribution is -2.35. The molecular formula is C22H31N3O5. The second kappa shape index (κ2) is 13.2. The van der Waals surface area contributed by atoms with Gasteiger partial charge in [0.25, 0.3) is 11.8 Å². The summed E-state index contributed by atoms with van der Waals surface area (Å²) < 4.78 is 16.6. The minimum absolute atomic E-state index is 0.0151. The molecule has 0 radical (unpaired) electrons. The van der Waals surface area contributed by atoms with Crippen molar-refractivity contribution >= 4 is 17.9 Å². The first kappa shape index (κ1) is 25.0. The smallest absolute Gasteiger partial charge is 0.262 e. The molecule has 1 aromatic carbocycles. The Labute approximate surface area is 178 Å². The minimum Gasteiger partial charge on any atom is -0.490 e. The number of benzene rings is 1. The molecule has 0 heterocycles. The van der Waals surface area contributed by atoms with Crippen molar-refractivity contribution in [2.24, 2.45) is 0 Å². The predicted octanol–water partition coefficient (Wildman–Crippen LogP) is 2.39. The first-order chi connectivity index (χ1) is 14.3. The predicted molar refractivity (Wildman–Crippen MR) is 114 cm³/mol. The van der Waals surface area contributed by atoms with E-state index >= 15 is 0 Å². The largest absolute Gasteiger partial charge is 0.490 e. The van der Waals surface area contributed by atoms with E-state index in [4.69, 9.17) is 14.2 Å². The van der Waals surface area contributed by atoms with Gasteiger partial charge in [-0.25, -0.2) is 0 Å². The van der Waals surface area contributed by atoms with E-state index in [1.54, 1.807) is 39.2 Å². The van der Waals surface area contributed by atoms with Crippen LogP contribution in [0, 0.1) is 11.3 Å². The summed E-state index contributed by atoms with van der Waals surface area (Å²) in [6.07, 6.45) is 1.47. The molecule has 1 N–H and O–H groups in total. The molecule has 0 saturated carbocycles. The average Bonchev–Trinajstić information content (AvgIpc) is 2.72. The molecule has 1 aromatic rings. The molecule has 0 unspecified atom stereocenters. The van der Waals surface area contributed by atoms with Gasteiger partial charge in [-0.05, 0) is 51.0 Å². The molecule has 30 heavy (non-hydrogen) atoms. The second-order valence-corrected chi connectivity index (χ2v) is 6.61. The van der Waals surface area contributed by atoms with Crippen molar-refractivity contribution in [3.05, 3.63) is 29.3 Å². The highest BCUT2D eigenvalue weighted by Crippen LogP contribution is 2.30. The Morgan fingerprint density at radius 2 is 1.97 bits per heavy atom. The van der Waals surface area contributed by atoms with Gasteiger partial charge >= 0.3 is 0 Å². The van der Waals surface area contributed by atoms with Crippen LogP contribution in [-0.2, 0) is 14.3 Å². The zero-order chi connectivity index (χ0) is 22.5. The maximum atomic E-state index is 12.2. The molecule has 0 aromatic heterocycles. The van der Waals surface area contributed by atoms with Gasteiger partial charge in [0, 0.05) is 33.9 Å². The van der Waals surface area contributed by atoms with Gasteiger partial charge in [-0.15, -0.1) is 0 Å². The van der Waals surface area contributed by atoms with Gasteiger partial charge in [0.2, 0.25) is 0 Å². The molecular weight excluding hydrogens is 386 g/mol. The number of carbonyl (C=O) groups is 2. The summed E-state index contributed by atoms with van der Waals surface area (Å²) in [6, 6.07) is 6.95. The van der Waals surface area contributed by atoms with Crippen molar-refractivity contribution in [3.63, 3.8) is 0 Å². The summed E-state index contributed by atoms with van der Waals surface area (Å²) in [4.78, 5) is 25.7. The van der Waals surface area contributed by atoms with Crippen LogP contribution in [0.3, 0.4) is 0 Å². The van der Waals surface area contributed by atoms with Gasteiger partial charge in [0.15, 0.2) is 17.6 Å². The molecule has 8 heteroatoms. The van der Waals surface area contributed by atoms with Crippen molar-refractivity contribution in [3.8, 4) is 17.6 Å². The number of hydrogen-bond donors (Lipinski definition) is 1. The Morgan fingerprint density at radius 1 is 1.23 bits per heavy atom. The fourth-order valence-corrected chi connectivity index (χ4v) is 2.52. The van der Waals surface area contributed by atoms with Crippen LogP contribution in [-0.4, -0.2) is 63.3 Å². The van der Waals surface area contributed by atoms with Crippen molar-refractivity contribution in [2.75, 3.05) is 40.5 Å². The maximum Gasteiger partial charge on any atom is 0.262 e. The number of amides is 2. The van der Waals surface area contributed by atoms with Gasteiger partial charge in [-0.2, -0.15) is 5.26 Å². The molecule has 0 aliphatic carbocycles. The first-order valence-electron chi connectivity index (χ1n) is 9.96. The Hall–Kier alpha value is -3.05. The molecule has 0 aliphatic rings. The minimum atomic E-state index is -0.683. The lowest BCUT2D eigenvalue weighted by atomic mass is 10.1. The second-order valence-electron chi connectivity index (χ2n) is 6.61. The molecule has 0 aliphatic heterocycles. The third-order valence-corrected chi connectivity index (χ3v) is 3.99. The summed E-state index contributed by atoms with van der Waals surface area (Å²) in [5.74, 6) is 0.223. The molecule has 0 fully saturated rings. The molecule has 0 spiro atoms.